The second-order valence-electron chi connectivity index (χ2n) is 3.74. The molecule has 0 amide bonds. The van der Waals surface area contributed by atoms with E-state index < -0.39 is 0 Å². The van der Waals surface area contributed by atoms with Gasteiger partial charge in [0.05, 0.1) is 13.7 Å². The Hall–Kier alpha value is -2.00. The van der Waals surface area contributed by atoms with E-state index in [2.05, 4.69) is 0 Å². The van der Waals surface area contributed by atoms with Crippen LogP contribution in [0.25, 0.3) is 11.1 Å². The van der Waals surface area contributed by atoms with Crippen LogP contribution in [0.5, 0.6) is 11.5 Å². The molecule has 2 rings (SSSR count). The van der Waals surface area contributed by atoms with Crippen molar-refractivity contribution in [2.75, 3.05) is 7.11 Å². The Morgan fingerprint density at radius 1 is 1.06 bits per heavy atom. The van der Waals surface area contributed by atoms with Crippen LogP contribution in [-0.4, -0.2) is 17.3 Å². The summed E-state index contributed by atoms with van der Waals surface area (Å²) in [7, 11) is 1.59. The third-order valence-electron chi connectivity index (χ3n) is 2.65. The van der Waals surface area contributed by atoms with Gasteiger partial charge in [0.1, 0.15) is 11.5 Å². The van der Waals surface area contributed by atoms with Gasteiger partial charge in [-0.1, -0.05) is 24.3 Å². The fraction of sp³-hybridized carbons (Fsp3) is 0.143. The molecule has 0 atom stereocenters. The maximum atomic E-state index is 9.81. The number of rotatable bonds is 3. The molecule has 0 heterocycles. The average molecular weight is 230 g/mol. The zero-order valence-corrected chi connectivity index (χ0v) is 9.55. The van der Waals surface area contributed by atoms with Gasteiger partial charge in [0.25, 0.3) is 0 Å². The molecule has 0 aromatic heterocycles. The lowest BCUT2D eigenvalue weighted by Crippen LogP contribution is -1.86. The van der Waals surface area contributed by atoms with E-state index in [0.29, 0.717) is 11.3 Å². The quantitative estimate of drug-likeness (QED) is 0.852. The van der Waals surface area contributed by atoms with Gasteiger partial charge in [0.15, 0.2) is 0 Å². The summed E-state index contributed by atoms with van der Waals surface area (Å²) in [6, 6.07) is 12.5. The molecule has 2 N–H and O–H groups in total. The van der Waals surface area contributed by atoms with Crippen molar-refractivity contribution in [3.63, 3.8) is 0 Å². The van der Waals surface area contributed by atoms with Crippen molar-refractivity contribution in [3.05, 3.63) is 48.0 Å². The predicted octanol–water partition coefficient (Wildman–Crippen LogP) is 2.56. The topological polar surface area (TPSA) is 49.7 Å². The first-order chi connectivity index (χ1) is 8.24. The summed E-state index contributed by atoms with van der Waals surface area (Å²) < 4.78 is 5.13. The van der Waals surface area contributed by atoms with Crippen LogP contribution in [0.1, 0.15) is 5.56 Å². The van der Waals surface area contributed by atoms with Crippen LogP contribution in [0.4, 0.5) is 0 Å². The van der Waals surface area contributed by atoms with E-state index in [0.717, 1.165) is 11.1 Å². The number of aliphatic hydroxyl groups excluding tert-OH is 1. The van der Waals surface area contributed by atoms with Crippen molar-refractivity contribution in [2.45, 2.75) is 6.61 Å². The summed E-state index contributed by atoms with van der Waals surface area (Å²) in [6.45, 7) is 0.0182. The second-order valence-corrected chi connectivity index (χ2v) is 3.74. The van der Waals surface area contributed by atoms with E-state index in [1.165, 1.54) is 0 Å². The van der Waals surface area contributed by atoms with E-state index in [-0.39, 0.29) is 12.4 Å². The average Bonchev–Trinajstić information content (AvgIpc) is 2.39. The Morgan fingerprint density at radius 3 is 2.35 bits per heavy atom. The zero-order chi connectivity index (χ0) is 12.3. The Kier molecular flexibility index (Phi) is 3.30. The van der Waals surface area contributed by atoms with Crippen LogP contribution in [-0.2, 0) is 6.61 Å². The summed E-state index contributed by atoms with van der Waals surface area (Å²) in [5.41, 5.74) is 2.45. The van der Waals surface area contributed by atoms with Crippen LogP contribution in [0, 0.1) is 0 Å². The van der Waals surface area contributed by atoms with Gasteiger partial charge in [0.2, 0.25) is 0 Å². The molecule has 2 aromatic carbocycles. The molecule has 0 fully saturated rings. The SMILES string of the molecule is COc1ccc(O)c(-c2ccc(CO)cc2)c1. The lowest BCUT2D eigenvalue weighted by atomic mass is 10.0. The van der Waals surface area contributed by atoms with Crippen molar-refractivity contribution in [1.29, 1.82) is 0 Å². The summed E-state index contributed by atoms with van der Waals surface area (Å²) >= 11 is 0. The van der Waals surface area contributed by atoms with Gasteiger partial charge in [-0.05, 0) is 29.3 Å². The first-order valence-corrected chi connectivity index (χ1v) is 5.32. The Labute approximate surface area is 99.9 Å². The van der Waals surface area contributed by atoms with Gasteiger partial charge in [-0.2, -0.15) is 0 Å². The highest BCUT2D eigenvalue weighted by Crippen LogP contribution is 2.32. The Morgan fingerprint density at radius 2 is 1.76 bits per heavy atom. The molecule has 88 valence electrons. The highest BCUT2D eigenvalue weighted by atomic mass is 16.5. The molecule has 0 bridgehead atoms. The molecule has 0 saturated carbocycles. The first-order valence-electron chi connectivity index (χ1n) is 5.32. The molecule has 0 saturated heterocycles. The smallest absolute Gasteiger partial charge is 0.123 e. The minimum Gasteiger partial charge on any atom is -0.507 e. The number of benzene rings is 2. The Balaban J connectivity index is 2.43. The highest BCUT2D eigenvalue weighted by molar-refractivity contribution is 5.71. The van der Waals surface area contributed by atoms with Gasteiger partial charge < -0.3 is 14.9 Å². The lowest BCUT2D eigenvalue weighted by Gasteiger charge is -2.08. The maximum Gasteiger partial charge on any atom is 0.123 e. The molecule has 0 spiro atoms. The van der Waals surface area contributed by atoms with Gasteiger partial charge >= 0.3 is 0 Å². The van der Waals surface area contributed by atoms with Crippen molar-refractivity contribution >= 4 is 0 Å². The van der Waals surface area contributed by atoms with Gasteiger partial charge in [-0.25, -0.2) is 0 Å². The van der Waals surface area contributed by atoms with E-state index in [4.69, 9.17) is 9.84 Å². The van der Waals surface area contributed by atoms with E-state index in [1.54, 1.807) is 25.3 Å². The van der Waals surface area contributed by atoms with Crippen molar-refractivity contribution in [3.8, 4) is 22.6 Å². The van der Waals surface area contributed by atoms with Crippen molar-refractivity contribution in [1.82, 2.24) is 0 Å². The Bertz CT molecular complexity index is 503. The molecule has 0 aliphatic rings. The number of aromatic hydroxyl groups is 1. The van der Waals surface area contributed by atoms with Gasteiger partial charge in [-0.3, -0.25) is 0 Å². The summed E-state index contributed by atoms with van der Waals surface area (Å²) in [5.74, 6) is 0.909. The van der Waals surface area contributed by atoms with Crippen LogP contribution >= 0.6 is 0 Å². The molecular weight excluding hydrogens is 216 g/mol. The second kappa shape index (κ2) is 4.89. The molecule has 17 heavy (non-hydrogen) atoms. The van der Waals surface area contributed by atoms with Crippen LogP contribution in [0.15, 0.2) is 42.5 Å². The highest BCUT2D eigenvalue weighted by Gasteiger charge is 2.05. The molecule has 0 aliphatic carbocycles. The largest absolute Gasteiger partial charge is 0.507 e. The first kappa shape index (κ1) is 11.5. The summed E-state index contributed by atoms with van der Waals surface area (Å²) in [6.07, 6.45) is 0. The van der Waals surface area contributed by atoms with Crippen LogP contribution < -0.4 is 4.74 Å². The zero-order valence-electron chi connectivity index (χ0n) is 9.55. The number of aliphatic hydroxyl groups is 1. The number of hydrogen-bond donors (Lipinski definition) is 2. The maximum absolute atomic E-state index is 9.81. The number of hydrogen-bond acceptors (Lipinski definition) is 3. The fourth-order valence-corrected chi connectivity index (χ4v) is 1.66. The molecule has 3 heteroatoms. The normalized spacial score (nSPS) is 10.2. The van der Waals surface area contributed by atoms with E-state index >= 15 is 0 Å². The van der Waals surface area contributed by atoms with Gasteiger partial charge in [0, 0.05) is 5.56 Å². The number of ether oxygens (including phenoxy) is 1. The third-order valence-corrected chi connectivity index (χ3v) is 2.65. The lowest BCUT2D eigenvalue weighted by molar-refractivity contribution is 0.282. The van der Waals surface area contributed by atoms with Crippen LogP contribution in [0.3, 0.4) is 0 Å². The number of methoxy groups -OCH3 is 1. The van der Waals surface area contributed by atoms with Crippen LogP contribution in [0.2, 0.25) is 0 Å². The monoisotopic (exact) mass is 230 g/mol. The molecule has 0 aliphatic heterocycles. The summed E-state index contributed by atoms with van der Waals surface area (Å²) in [5, 5.41) is 18.8. The van der Waals surface area contributed by atoms with Crippen molar-refractivity contribution < 1.29 is 14.9 Å². The minimum atomic E-state index is 0.0182. The van der Waals surface area contributed by atoms with E-state index in [1.807, 2.05) is 24.3 Å². The molecule has 0 unspecified atom stereocenters. The predicted molar refractivity (Wildman–Crippen MR) is 66.0 cm³/mol. The number of phenolic OH excluding ortho intramolecular Hbond substituents is 1. The molecule has 3 nitrogen and oxygen atoms in total. The third kappa shape index (κ3) is 2.40. The molecular formula is C14H14O3. The minimum absolute atomic E-state index is 0.0182. The van der Waals surface area contributed by atoms with Gasteiger partial charge in [-0.15, -0.1) is 0 Å². The number of phenols is 1. The molecule has 0 radical (unpaired) electrons. The fourth-order valence-electron chi connectivity index (χ4n) is 1.66. The van der Waals surface area contributed by atoms with Crippen molar-refractivity contribution in [2.24, 2.45) is 0 Å². The van der Waals surface area contributed by atoms with E-state index in [9.17, 15) is 5.11 Å². The standard InChI is InChI=1S/C14H14O3/c1-17-12-6-7-14(16)13(8-12)11-4-2-10(9-15)3-5-11/h2-8,15-16H,9H2,1H3. The summed E-state index contributed by atoms with van der Waals surface area (Å²) in [4.78, 5) is 0. The molecule has 2 aromatic rings.